The first kappa shape index (κ1) is 23.8. The van der Waals surface area contributed by atoms with E-state index in [1.807, 2.05) is 27.7 Å². The molecule has 0 saturated heterocycles. The van der Waals surface area contributed by atoms with Gasteiger partial charge in [0.15, 0.2) is 0 Å². The molecule has 0 aliphatic carbocycles. The SMILES string of the molecule is CC(C)OCC(=O)NCCOCCOCCOCCNC(=O)C(C)C.[HH].[HH]. The first-order valence-corrected chi connectivity index (χ1v) is 8.82. The summed E-state index contributed by atoms with van der Waals surface area (Å²) in [7, 11) is 0. The summed E-state index contributed by atoms with van der Waals surface area (Å²) in [5.41, 5.74) is 0. The molecule has 0 aromatic heterocycles. The van der Waals surface area contributed by atoms with Gasteiger partial charge in [0.05, 0.1) is 45.7 Å². The number of amides is 2. The van der Waals surface area contributed by atoms with Gasteiger partial charge in [0.2, 0.25) is 11.8 Å². The Bertz CT molecular complexity index is 360. The van der Waals surface area contributed by atoms with Crippen molar-refractivity contribution in [3.05, 3.63) is 0 Å². The van der Waals surface area contributed by atoms with E-state index in [9.17, 15) is 9.59 Å². The first-order valence-electron chi connectivity index (χ1n) is 8.82. The van der Waals surface area contributed by atoms with Crippen molar-refractivity contribution in [2.45, 2.75) is 33.8 Å². The number of carbonyl (C=O) groups excluding carboxylic acids is 2. The Morgan fingerprint density at radius 3 is 1.76 bits per heavy atom. The highest BCUT2D eigenvalue weighted by Crippen LogP contribution is 1.89. The average Bonchev–Trinajstić information content (AvgIpc) is 2.56. The van der Waals surface area contributed by atoms with Crippen LogP contribution in [0.3, 0.4) is 0 Å². The zero-order valence-electron chi connectivity index (χ0n) is 16.0. The Kier molecular flexibility index (Phi) is 15.5. The zero-order valence-corrected chi connectivity index (χ0v) is 16.0. The summed E-state index contributed by atoms with van der Waals surface area (Å²) in [5.74, 6) is -0.124. The lowest BCUT2D eigenvalue weighted by Crippen LogP contribution is -2.31. The lowest BCUT2D eigenvalue weighted by Gasteiger charge is -2.09. The average molecular weight is 366 g/mol. The van der Waals surface area contributed by atoms with Crippen molar-refractivity contribution in [2.24, 2.45) is 5.92 Å². The Morgan fingerprint density at radius 2 is 1.28 bits per heavy atom. The minimum atomic E-state index is -0.143. The van der Waals surface area contributed by atoms with Gasteiger partial charge in [0.25, 0.3) is 0 Å². The van der Waals surface area contributed by atoms with Crippen molar-refractivity contribution >= 4 is 11.8 Å². The van der Waals surface area contributed by atoms with Gasteiger partial charge in [0, 0.05) is 21.9 Å². The van der Waals surface area contributed by atoms with Crippen LogP contribution < -0.4 is 10.6 Å². The van der Waals surface area contributed by atoms with E-state index in [1.165, 1.54) is 0 Å². The third kappa shape index (κ3) is 17.4. The van der Waals surface area contributed by atoms with Gasteiger partial charge in [-0.25, -0.2) is 0 Å². The molecule has 152 valence electrons. The topological polar surface area (TPSA) is 95.1 Å². The molecular weight excluding hydrogens is 328 g/mol. The largest absolute Gasteiger partial charge is 0.377 e. The summed E-state index contributed by atoms with van der Waals surface area (Å²) in [6, 6.07) is 0. The van der Waals surface area contributed by atoms with Gasteiger partial charge in [0.1, 0.15) is 6.61 Å². The molecule has 0 fully saturated rings. The van der Waals surface area contributed by atoms with Crippen LogP contribution in [-0.4, -0.2) is 77.3 Å². The second-order valence-corrected chi connectivity index (χ2v) is 5.99. The van der Waals surface area contributed by atoms with Crippen LogP contribution >= 0.6 is 0 Å². The third-order valence-electron chi connectivity index (χ3n) is 2.93. The van der Waals surface area contributed by atoms with Crippen LogP contribution in [0.5, 0.6) is 0 Å². The molecule has 0 rings (SSSR count). The monoisotopic (exact) mass is 366 g/mol. The zero-order chi connectivity index (χ0) is 18.9. The lowest BCUT2D eigenvalue weighted by atomic mass is 10.2. The van der Waals surface area contributed by atoms with Crippen molar-refractivity contribution < 1.29 is 31.4 Å². The van der Waals surface area contributed by atoms with Gasteiger partial charge in [-0.05, 0) is 13.8 Å². The normalized spacial score (nSPS) is 11.1. The second kappa shape index (κ2) is 16.3. The van der Waals surface area contributed by atoms with Crippen LogP contribution in [0.2, 0.25) is 0 Å². The van der Waals surface area contributed by atoms with Crippen molar-refractivity contribution in [2.75, 3.05) is 59.3 Å². The van der Waals surface area contributed by atoms with Gasteiger partial charge in [-0.3, -0.25) is 9.59 Å². The maximum absolute atomic E-state index is 11.3. The van der Waals surface area contributed by atoms with Gasteiger partial charge in [-0.15, -0.1) is 0 Å². The highest BCUT2D eigenvalue weighted by Gasteiger charge is 2.04. The van der Waals surface area contributed by atoms with E-state index in [1.54, 1.807) is 0 Å². The summed E-state index contributed by atoms with van der Waals surface area (Å²) >= 11 is 0. The van der Waals surface area contributed by atoms with E-state index in [0.29, 0.717) is 52.7 Å². The molecule has 0 saturated carbocycles. The maximum Gasteiger partial charge on any atom is 0.246 e. The summed E-state index contributed by atoms with van der Waals surface area (Å²) < 4.78 is 21.2. The van der Waals surface area contributed by atoms with Crippen LogP contribution in [0.4, 0.5) is 0 Å². The number of hydrogen-bond acceptors (Lipinski definition) is 6. The molecule has 8 heteroatoms. The summed E-state index contributed by atoms with van der Waals surface area (Å²) in [5, 5.41) is 5.48. The number of hydrogen-bond donors (Lipinski definition) is 2. The fourth-order valence-corrected chi connectivity index (χ4v) is 1.55. The Hall–Kier alpha value is -1.22. The molecule has 25 heavy (non-hydrogen) atoms. The molecule has 0 unspecified atom stereocenters. The van der Waals surface area contributed by atoms with E-state index in [0.717, 1.165) is 0 Å². The van der Waals surface area contributed by atoms with E-state index in [4.69, 9.17) is 18.9 Å². The van der Waals surface area contributed by atoms with E-state index >= 15 is 0 Å². The van der Waals surface area contributed by atoms with Crippen molar-refractivity contribution in [3.8, 4) is 0 Å². The highest BCUT2D eigenvalue weighted by molar-refractivity contribution is 5.77. The Morgan fingerprint density at radius 1 is 0.800 bits per heavy atom. The van der Waals surface area contributed by atoms with E-state index in [-0.39, 0.29) is 33.3 Å². The minimum Gasteiger partial charge on any atom is -0.377 e. The smallest absolute Gasteiger partial charge is 0.246 e. The number of nitrogens with one attached hydrogen (secondary N) is 2. The highest BCUT2D eigenvalue weighted by atomic mass is 16.5. The van der Waals surface area contributed by atoms with Crippen LogP contribution in [0, 0.1) is 5.92 Å². The molecule has 8 nitrogen and oxygen atoms in total. The fraction of sp³-hybridized carbons (Fsp3) is 0.882. The number of ether oxygens (including phenoxy) is 4. The van der Waals surface area contributed by atoms with E-state index < -0.39 is 0 Å². The van der Waals surface area contributed by atoms with Crippen LogP contribution in [0.25, 0.3) is 0 Å². The van der Waals surface area contributed by atoms with Gasteiger partial charge >= 0.3 is 0 Å². The fourth-order valence-electron chi connectivity index (χ4n) is 1.55. The first-order chi connectivity index (χ1) is 11.9. The summed E-state index contributed by atoms with van der Waals surface area (Å²) in [6.45, 7) is 11.3. The number of rotatable bonds is 16. The predicted molar refractivity (Wildman–Crippen MR) is 98.6 cm³/mol. The van der Waals surface area contributed by atoms with Crippen LogP contribution in [0.1, 0.15) is 30.5 Å². The third-order valence-corrected chi connectivity index (χ3v) is 2.93. The van der Waals surface area contributed by atoms with Crippen molar-refractivity contribution in [3.63, 3.8) is 0 Å². The Balaban J connectivity index is -0.00000288. The van der Waals surface area contributed by atoms with Crippen LogP contribution in [0.15, 0.2) is 0 Å². The summed E-state index contributed by atoms with van der Waals surface area (Å²) in [4.78, 5) is 22.6. The van der Waals surface area contributed by atoms with E-state index in [2.05, 4.69) is 10.6 Å². The molecular formula is C17H38N2O6. The van der Waals surface area contributed by atoms with Crippen molar-refractivity contribution in [1.82, 2.24) is 10.6 Å². The minimum absolute atomic E-state index is 0. The molecule has 0 aliphatic rings. The maximum atomic E-state index is 11.3. The Labute approximate surface area is 153 Å². The molecule has 0 atom stereocenters. The molecule has 2 N–H and O–H groups in total. The second-order valence-electron chi connectivity index (χ2n) is 5.99. The molecule has 0 spiro atoms. The molecule has 0 radical (unpaired) electrons. The molecule has 0 aliphatic heterocycles. The van der Waals surface area contributed by atoms with Gasteiger partial charge in [-0.1, -0.05) is 13.8 Å². The lowest BCUT2D eigenvalue weighted by molar-refractivity contribution is -0.127. The molecule has 0 heterocycles. The molecule has 0 bridgehead atoms. The number of carbonyl (C=O) groups is 2. The quantitative estimate of drug-likeness (QED) is 0.393. The van der Waals surface area contributed by atoms with Crippen molar-refractivity contribution in [1.29, 1.82) is 0 Å². The molecule has 0 aromatic rings. The molecule has 2 amide bonds. The molecule has 0 aromatic carbocycles. The van der Waals surface area contributed by atoms with Crippen LogP contribution in [-0.2, 0) is 28.5 Å². The van der Waals surface area contributed by atoms with Gasteiger partial charge in [-0.2, -0.15) is 0 Å². The predicted octanol–water partition coefficient (Wildman–Crippen LogP) is 0.842. The standard InChI is InChI=1S/C17H34N2O6.2H2/c1-14(2)17(21)19-6-8-23-10-12-24-11-9-22-7-5-18-16(20)13-25-15(3)4;;/h14-15H,5-13H2,1-4H3,(H,18,20)(H,19,21);2*1H. The van der Waals surface area contributed by atoms with Gasteiger partial charge < -0.3 is 29.6 Å². The summed E-state index contributed by atoms with van der Waals surface area (Å²) in [6.07, 6.45) is 0.0434.